The number of rotatable bonds is 5. The molecule has 0 nitrogen and oxygen atoms in total. The van der Waals surface area contributed by atoms with Gasteiger partial charge in [-0.2, -0.15) is 0 Å². The summed E-state index contributed by atoms with van der Waals surface area (Å²) < 4.78 is 13.5. The van der Waals surface area contributed by atoms with Gasteiger partial charge in [-0.3, -0.25) is 0 Å². The Labute approximate surface area is 70.2 Å². The first-order valence-corrected chi connectivity index (χ1v) is 4.74. The summed E-state index contributed by atoms with van der Waals surface area (Å²) in [6, 6.07) is 0. The van der Waals surface area contributed by atoms with Gasteiger partial charge in [-0.25, -0.2) is 4.39 Å². The Balaban J connectivity index is 4.00. The Morgan fingerprint density at radius 2 is 1.64 bits per heavy atom. The molecule has 0 aromatic carbocycles. The van der Waals surface area contributed by atoms with Crippen LogP contribution in [-0.2, 0) is 0 Å². The third-order valence-corrected chi connectivity index (χ3v) is 2.91. The minimum atomic E-state index is -0.609. The monoisotopic (exact) mass is 160 g/mol. The summed E-state index contributed by atoms with van der Waals surface area (Å²) in [6.07, 6.45) is 2.96. The maximum Gasteiger partial charge on any atom is 0.105 e. The minimum Gasteiger partial charge on any atom is -0.247 e. The van der Waals surface area contributed by atoms with Crippen LogP contribution in [0.25, 0.3) is 0 Å². The zero-order valence-corrected chi connectivity index (χ0v) is 8.28. The van der Waals surface area contributed by atoms with E-state index in [2.05, 4.69) is 13.8 Å². The van der Waals surface area contributed by atoms with Crippen molar-refractivity contribution >= 4 is 0 Å². The highest BCUT2D eigenvalue weighted by molar-refractivity contribution is 4.79. The molecule has 1 heteroatoms. The van der Waals surface area contributed by atoms with E-state index in [-0.39, 0.29) is 5.41 Å². The van der Waals surface area contributed by atoms with Crippen LogP contribution in [-0.4, -0.2) is 6.17 Å². The second-order valence-electron chi connectivity index (χ2n) is 3.62. The van der Waals surface area contributed by atoms with Crippen LogP contribution in [0.15, 0.2) is 0 Å². The molecule has 0 saturated carbocycles. The number of hydrogen-bond acceptors (Lipinski definition) is 0. The van der Waals surface area contributed by atoms with E-state index in [0.717, 1.165) is 25.7 Å². The molecular formula is C10H21F. The molecule has 1 unspecified atom stereocenters. The van der Waals surface area contributed by atoms with Crippen molar-refractivity contribution in [3.63, 3.8) is 0 Å². The van der Waals surface area contributed by atoms with Gasteiger partial charge < -0.3 is 0 Å². The first-order chi connectivity index (χ1) is 5.10. The molecule has 11 heavy (non-hydrogen) atoms. The van der Waals surface area contributed by atoms with Crippen LogP contribution in [0.4, 0.5) is 4.39 Å². The normalized spacial score (nSPS) is 15.0. The Hall–Kier alpha value is -0.0700. The fourth-order valence-corrected chi connectivity index (χ4v) is 1.29. The van der Waals surface area contributed by atoms with Crippen LogP contribution in [0.1, 0.15) is 53.4 Å². The summed E-state index contributed by atoms with van der Waals surface area (Å²) in [4.78, 5) is 0. The van der Waals surface area contributed by atoms with Crippen LogP contribution in [0.2, 0.25) is 0 Å². The van der Waals surface area contributed by atoms with Gasteiger partial charge in [0, 0.05) is 0 Å². The highest BCUT2D eigenvalue weighted by Crippen LogP contribution is 2.34. The molecule has 0 heterocycles. The van der Waals surface area contributed by atoms with E-state index >= 15 is 0 Å². The van der Waals surface area contributed by atoms with Crippen molar-refractivity contribution in [3.8, 4) is 0 Å². The molecule has 0 bridgehead atoms. The lowest BCUT2D eigenvalue weighted by Crippen LogP contribution is -2.27. The summed E-state index contributed by atoms with van der Waals surface area (Å²) >= 11 is 0. The molecule has 0 aromatic heterocycles. The maximum absolute atomic E-state index is 13.5. The first kappa shape index (κ1) is 10.9. The first-order valence-electron chi connectivity index (χ1n) is 4.74. The zero-order valence-electron chi connectivity index (χ0n) is 8.28. The highest BCUT2D eigenvalue weighted by Gasteiger charge is 2.29. The van der Waals surface area contributed by atoms with Gasteiger partial charge in [-0.15, -0.1) is 0 Å². The third kappa shape index (κ3) is 2.80. The third-order valence-electron chi connectivity index (χ3n) is 2.91. The quantitative estimate of drug-likeness (QED) is 0.571. The molecule has 0 spiro atoms. The Kier molecular flexibility index (Phi) is 4.71. The van der Waals surface area contributed by atoms with Crippen molar-refractivity contribution < 1.29 is 4.39 Å². The second kappa shape index (κ2) is 4.74. The molecule has 0 aliphatic rings. The summed E-state index contributed by atoms with van der Waals surface area (Å²) in [6.45, 7) is 8.24. The second-order valence-corrected chi connectivity index (χ2v) is 3.62. The van der Waals surface area contributed by atoms with E-state index in [9.17, 15) is 4.39 Å². The Morgan fingerprint density at radius 3 is 1.91 bits per heavy atom. The molecule has 0 amide bonds. The van der Waals surface area contributed by atoms with Gasteiger partial charge >= 0.3 is 0 Å². The van der Waals surface area contributed by atoms with Crippen molar-refractivity contribution in [3.05, 3.63) is 0 Å². The van der Waals surface area contributed by atoms with Gasteiger partial charge in [-0.1, -0.05) is 34.1 Å². The number of halogens is 1. The molecule has 0 aliphatic carbocycles. The van der Waals surface area contributed by atoms with Crippen LogP contribution in [0, 0.1) is 5.41 Å². The topological polar surface area (TPSA) is 0 Å². The van der Waals surface area contributed by atoms with E-state index < -0.39 is 6.17 Å². The smallest absolute Gasteiger partial charge is 0.105 e. The molecule has 68 valence electrons. The summed E-state index contributed by atoms with van der Waals surface area (Å²) in [5, 5.41) is 0. The van der Waals surface area contributed by atoms with Gasteiger partial charge in [0.2, 0.25) is 0 Å². The van der Waals surface area contributed by atoms with E-state index in [1.165, 1.54) is 0 Å². The fraction of sp³-hybridized carbons (Fsp3) is 1.00. The fourth-order valence-electron chi connectivity index (χ4n) is 1.29. The summed E-state index contributed by atoms with van der Waals surface area (Å²) in [5.74, 6) is 0. The lowest BCUT2D eigenvalue weighted by molar-refractivity contribution is 0.104. The van der Waals surface area contributed by atoms with Crippen molar-refractivity contribution in [1.82, 2.24) is 0 Å². The van der Waals surface area contributed by atoms with E-state index in [1.54, 1.807) is 0 Å². The molecule has 0 N–H and O–H groups in total. The Bertz CT molecular complexity index is 95.0. The molecule has 1 atom stereocenters. The Morgan fingerprint density at radius 1 is 1.18 bits per heavy atom. The molecule has 0 rings (SSSR count). The van der Waals surface area contributed by atoms with Gasteiger partial charge in [0.05, 0.1) is 0 Å². The lowest BCUT2D eigenvalue weighted by Gasteiger charge is -2.30. The van der Waals surface area contributed by atoms with Crippen molar-refractivity contribution in [2.75, 3.05) is 0 Å². The molecule has 0 radical (unpaired) electrons. The average molecular weight is 160 g/mol. The van der Waals surface area contributed by atoms with Gasteiger partial charge in [0.1, 0.15) is 6.17 Å². The van der Waals surface area contributed by atoms with E-state index in [1.807, 2.05) is 13.8 Å². The van der Waals surface area contributed by atoms with Crippen LogP contribution in [0.3, 0.4) is 0 Å². The van der Waals surface area contributed by atoms with Gasteiger partial charge in [0.25, 0.3) is 0 Å². The maximum atomic E-state index is 13.5. The molecule has 0 aliphatic heterocycles. The SMILES string of the molecule is CCCC(F)C(C)(CC)CC. The standard InChI is InChI=1S/C10H21F/c1-5-8-9(11)10(4,6-2)7-3/h9H,5-8H2,1-4H3. The van der Waals surface area contributed by atoms with Crippen LogP contribution >= 0.6 is 0 Å². The van der Waals surface area contributed by atoms with Gasteiger partial charge in [-0.05, 0) is 24.7 Å². The van der Waals surface area contributed by atoms with Crippen molar-refractivity contribution in [2.24, 2.45) is 5.41 Å². The lowest BCUT2D eigenvalue weighted by atomic mass is 9.78. The van der Waals surface area contributed by atoms with Gasteiger partial charge in [0.15, 0.2) is 0 Å². The number of hydrogen-bond donors (Lipinski definition) is 0. The van der Waals surface area contributed by atoms with Crippen LogP contribution < -0.4 is 0 Å². The average Bonchev–Trinajstić information content (AvgIpc) is 2.03. The predicted molar refractivity (Wildman–Crippen MR) is 48.5 cm³/mol. The van der Waals surface area contributed by atoms with Crippen molar-refractivity contribution in [2.45, 2.75) is 59.5 Å². The largest absolute Gasteiger partial charge is 0.247 e. The summed E-state index contributed by atoms with van der Waals surface area (Å²) in [7, 11) is 0. The van der Waals surface area contributed by atoms with Crippen molar-refractivity contribution in [1.29, 1.82) is 0 Å². The van der Waals surface area contributed by atoms with E-state index in [0.29, 0.717) is 0 Å². The molecular weight excluding hydrogens is 139 g/mol. The minimum absolute atomic E-state index is 0.0734. The highest BCUT2D eigenvalue weighted by atomic mass is 19.1. The summed E-state index contributed by atoms with van der Waals surface area (Å²) in [5.41, 5.74) is -0.0734. The zero-order chi connectivity index (χ0) is 8.91. The molecule has 0 aromatic rings. The molecule has 0 saturated heterocycles. The predicted octanol–water partition coefficient (Wildman–Crippen LogP) is 3.95. The van der Waals surface area contributed by atoms with Crippen LogP contribution in [0.5, 0.6) is 0 Å². The van der Waals surface area contributed by atoms with E-state index in [4.69, 9.17) is 0 Å². The number of alkyl halides is 1. The molecule has 0 fully saturated rings.